The van der Waals surface area contributed by atoms with Crippen molar-refractivity contribution < 1.29 is 9.53 Å². The maximum Gasteiger partial charge on any atom is 0.254 e. The van der Waals surface area contributed by atoms with Crippen LogP contribution in [0.15, 0.2) is 30.5 Å². The highest BCUT2D eigenvalue weighted by molar-refractivity contribution is 5.94. The lowest BCUT2D eigenvalue weighted by Crippen LogP contribution is -2.40. The maximum absolute atomic E-state index is 12.7. The van der Waals surface area contributed by atoms with Crippen LogP contribution in [0.25, 0.3) is 11.3 Å². The zero-order valence-electron chi connectivity index (χ0n) is 18.7. The highest BCUT2D eigenvalue weighted by atomic mass is 16.5. The summed E-state index contributed by atoms with van der Waals surface area (Å²) in [6.07, 6.45) is 8.97. The van der Waals surface area contributed by atoms with Crippen LogP contribution in [0.1, 0.15) is 69.1 Å². The number of hydrogen-bond acceptors (Lipinski definition) is 3. The minimum absolute atomic E-state index is 0.000837. The topological polar surface area (TPSA) is 47.4 Å². The number of rotatable bonds is 4. The number of amides is 1. The van der Waals surface area contributed by atoms with Gasteiger partial charge in [-0.2, -0.15) is 0 Å². The summed E-state index contributed by atoms with van der Waals surface area (Å²) in [7, 11) is 0. The van der Waals surface area contributed by atoms with E-state index in [1.807, 2.05) is 29.2 Å². The number of carbonyl (C=O) groups is 1. The molecule has 0 radical (unpaired) electrons. The van der Waals surface area contributed by atoms with Crippen molar-refractivity contribution in [3.8, 4) is 11.3 Å². The lowest BCUT2D eigenvalue weighted by Gasteiger charge is -2.26. The van der Waals surface area contributed by atoms with Gasteiger partial charge in [-0.05, 0) is 30.9 Å². The van der Waals surface area contributed by atoms with Crippen LogP contribution in [0.5, 0.6) is 0 Å². The summed E-state index contributed by atoms with van der Waals surface area (Å²) < 4.78 is 7.74. The largest absolute Gasteiger partial charge is 0.378 e. The second-order valence-electron chi connectivity index (χ2n) is 9.84. The Labute approximate surface area is 180 Å². The number of hydrogen-bond donors (Lipinski definition) is 0. The van der Waals surface area contributed by atoms with E-state index in [-0.39, 0.29) is 11.3 Å². The lowest BCUT2D eigenvalue weighted by atomic mass is 9.88. The van der Waals surface area contributed by atoms with Gasteiger partial charge in [0.2, 0.25) is 0 Å². The number of imidazole rings is 1. The Kier molecular flexibility index (Phi) is 6.28. The number of benzene rings is 1. The molecule has 1 aliphatic heterocycles. The normalized spacial score (nSPS) is 18.6. The van der Waals surface area contributed by atoms with E-state index in [2.05, 4.69) is 31.5 Å². The van der Waals surface area contributed by atoms with Gasteiger partial charge in [-0.15, -0.1) is 0 Å². The molecule has 2 heterocycles. The summed E-state index contributed by atoms with van der Waals surface area (Å²) in [5.41, 5.74) is 2.81. The molecule has 1 saturated carbocycles. The van der Waals surface area contributed by atoms with Gasteiger partial charge in [-0.1, -0.05) is 52.2 Å². The molecule has 1 amide bonds. The zero-order chi connectivity index (χ0) is 21.1. The van der Waals surface area contributed by atoms with Crippen LogP contribution in [-0.4, -0.2) is 46.7 Å². The van der Waals surface area contributed by atoms with Crippen LogP contribution in [0.2, 0.25) is 0 Å². The summed E-state index contributed by atoms with van der Waals surface area (Å²) in [4.78, 5) is 19.6. The molecule has 1 aliphatic carbocycles. The number of nitrogens with zero attached hydrogens (tertiary/aromatic N) is 3. The molecule has 2 aromatic rings. The predicted octanol–water partition coefficient (Wildman–Crippen LogP) is 4.90. The highest BCUT2D eigenvalue weighted by Crippen LogP contribution is 2.30. The Morgan fingerprint density at radius 1 is 1.07 bits per heavy atom. The molecule has 2 fully saturated rings. The van der Waals surface area contributed by atoms with Crippen molar-refractivity contribution in [2.24, 2.45) is 5.92 Å². The molecule has 1 aromatic heterocycles. The Bertz CT molecular complexity index is 852. The standard InChI is InChI=1S/C25H35N3O2/c1-25(2,3)24-26-22(18-28(24)17-19-7-5-4-6-8-19)20-9-11-21(12-10-20)23(29)27-13-15-30-16-14-27/h9-12,18-19H,4-8,13-17H2,1-3H3. The molecule has 0 spiro atoms. The van der Waals surface area contributed by atoms with Gasteiger partial charge in [-0.25, -0.2) is 4.98 Å². The molecule has 1 aromatic carbocycles. The molecule has 0 bridgehead atoms. The van der Waals surface area contributed by atoms with Gasteiger partial charge in [0.25, 0.3) is 5.91 Å². The van der Waals surface area contributed by atoms with E-state index >= 15 is 0 Å². The lowest BCUT2D eigenvalue weighted by molar-refractivity contribution is 0.0303. The van der Waals surface area contributed by atoms with Crippen LogP contribution in [0.3, 0.4) is 0 Å². The second-order valence-corrected chi connectivity index (χ2v) is 9.84. The fourth-order valence-electron chi connectivity index (χ4n) is 4.67. The molecular formula is C25H35N3O2. The molecule has 5 nitrogen and oxygen atoms in total. The van der Waals surface area contributed by atoms with Crippen molar-refractivity contribution in [1.82, 2.24) is 14.5 Å². The molecule has 5 heteroatoms. The van der Waals surface area contributed by atoms with Gasteiger partial charge in [-0.3, -0.25) is 4.79 Å². The predicted molar refractivity (Wildman–Crippen MR) is 120 cm³/mol. The smallest absolute Gasteiger partial charge is 0.254 e. The molecule has 0 atom stereocenters. The summed E-state index contributed by atoms with van der Waals surface area (Å²) in [5.74, 6) is 2.00. The SMILES string of the molecule is CC(C)(C)c1nc(-c2ccc(C(=O)N3CCOCC3)cc2)cn1CC1CCCCC1. The molecule has 0 unspecified atom stereocenters. The highest BCUT2D eigenvalue weighted by Gasteiger charge is 2.25. The fraction of sp³-hybridized carbons (Fsp3) is 0.600. The third kappa shape index (κ3) is 4.77. The third-order valence-corrected chi connectivity index (χ3v) is 6.35. The summed E-state index contributed by atoms with van der Waals surface area (Å²) in [5, 5.41) is 0. The van der Waals surface area contributed by atoms with Crippen LogP contribution in [-0.2, 0) is 16.7 Å². The van der Waals surface area contributed by atoms with Crippen molar-refractivity contribution in [3.63, 3.8) is 0 Å². The third-order valence-electron chi connectivity index (χ3n) is 6.35. The van der Waals surface area contributed by atoms with Gasteiger partial charge in [0.15, 0.2) is 0 Å². The van der Waals surface area contributed by atoms with E-state index in [1.54, 1.807) is 0 Å². The second kappa shape index (κ2) is 8.93. The van der Waals surface area contributed by atoms with Gasteiger partial charge < -0.3 is 14.2 Å². The molecule has 4 rings (SSSR count). The van der Waals surface area contributed by atoms with Crippen molar-refractivity contribution in [1.29, 1.82) is 0 Å². The first-order chi connectivity index (χ1) is 14.4. The van der Waals surface area contributed by atoms with Crippen molar-refractivity contribution >= 4 is 5.91 Å². The van der Waals surface area contributed by atoms with E-state index < -0.39 is 0 Å². The molecule has 162 valence electrons. The first kappa shape index (κ1) is 21.1. The van der Waals surface area contributed by atoms with E-state index in [1.165, 1.54) is 32.1 Å². The molecule has 1 saturated heterocycles. The number of morpholine rings is 1. The average molecular weight is 410 g/mol. The van der Waals surface area contributed by atoms with E-state index in [9.17, 15) is 4.79 Å². The number of aromatic nitrogens is 2. The average Bonchev–Trinajstić information content (AvgIpc) is 3.19. The monoisotopic (exact) mass is 409 g/mol. The molecule has 30 heavy (non-hydrogen) atoms. The van der Waals surface area contributed by atoms with Gasteiger partial charge in [0, 0.05) is 42.4 Å². The number of ether oxygens (including phenoxy) is 1. The Balaban J connectivity index is 1.54. The van der Waals surface area contributed by atoms with E-state index in [4.69, 9.17) is 9.72 Å². The zero-order valence-corrected chi connectivity index (χ0v) is 18.7. The van der Waals surface area contributed by atoms with Gasteiger partial charge in [0.05, 0.1) is 18.9 Å². The molecular weight excluding hydrogens is 374 g/mol. The van der Waals surface area contributed by atoms with Crippen LogP contribution >= 0.6 is 0 Å². The maximum atomic E-state index is 12.7. The summed E-state index contributed by atoms with van der Waals surface area (Å²) in [6.45, 7) is 10.4. The van der Waals surface area contributed by atoms with Crippen molar-refractivity contribution in [2.75, 3.05) is 26.3 Å². The van der Waals surface area contributed by atoms with Gasteiger partial charge in [0.1, 0.15) is 5.82 Å². The summed E-state index contributed by atoms with van der Waals surface area (Å²) in [6, 6.07) is 7.94. The number of carbonyl (C=O) groups excluding carboxylic acids is 1. The van der Waals surface area contributed by atoms with E-state index in [0.29, 0.717) is 26.3 Å². The Morgan fingerprint density at radius 2 is 1.73 bits per heavy atom. The van der Waals surface area contributed by atoms with E-state index in [0.717, 1.165) is 35.1 Å². The Hall–Kier alpha value is -2.14. The first-order valence-electron chi connectivity index (χ1n) is 11.5. The minimum atomic E-state index is -0.000837. The Morgan fingerprint density at radius 3 is 2.37 bits per heavy atom. The van der Waals surface area contributed by atoms with Crippen LogP contribution < -0.4 is 0 Å². The molecule has 2 aliphatic rings. The first-order valence-corrected chi connectivity index (χ1v) is 11.5. The summed E-state index contributed by atoms with van der Waals surface area (Å²) >= 11 is 0. The van der Waals surface area contributed by atoms with Crippen LogP contribution in [0.4, 0.5) is 0 Å². The van der Waals surface area contributed by atoms with Crippen LogP contribution in [0, 0.1) is 5.92 Å². The fourth-order valence-corrected chi connectivity index (χ4v) is 4.67. The van der Waals surface area contributed by atoms with Crippen molar-refractivity contribution in [2.45, 2.75) is 64.8 Å². The minimum Gasteiger partial charge on any atom is -0.378 e. The van der Waals surface area contributed by atoms with Gasteiger partial charge >= 0.3 is 0 Å². The quantitative estimate of drug-likeness (QED) is 0.721. The molecule has 0 N–H and O–H groups in total. The van der Waals surface area contributed by atoms with Crippen molar-refractivity contribution in [3.05, 3.63) is 41.9 Å².